The zero-order valence-electron chi connectivity index (χ0n) is 15.5. The molecule has 1 unspecified atom stereocenters. The van der Waals surface area contributed by atoms with E-state index in [1.807, 2.05) is 42.5 Å². The van der Waals surface area contributed by atoms with Crippen LogP contribution in [0.4, 0.5) is 0 Å². The Morgan fingerprint density at radius 1 is 0.926 bits per heavy atom. The second-order valence-corrected chi connectivity index (χ2v) is 6.44. The molecule has 0 spiro atoms. The average Bonchev–Trinajstić information content (AvgIpc) is 2.69. The summed E-state index contributed by atoms with van der Waals surface area (Å²) in [6, 6.07) is 16.3. The van der Waals surface area contributed by atoms with Gasteiger partial charge in [0, 0.05) is 24.8 Å². The number of ketones is 1. The van der Waals surface area contributed by atoms with Gasteiger partial charge in [0.05, 0.1) is 6.04 Å². The maximum Gasteiger partial charge on any atom is 0.303 e. The lowest BCUT2D eigenvalue weighted by Crippen LogP contribution is -2.29. The van der Waals surface area contributed by atoms with Crippen LogP contribution in [0, 0.1) is 0 Å². The predicted molar refractivity (Wildman–Crippen MR) is 104 cm³/mol. The summed E-state index contributed by atoms with van der Waals surface area (Å²) in [7, 11) is 0. The highest BCUT2D eigenvalue weighted by molar-refractivity contribution is 5.98. The number of carbonyl (C=O) groups is 3. The Hall–Kier alpha value is -2.95. The zero-order valence-corrected chi connectivity index (χ0v) is 15.5. The topological polar surface area (TPSA) is 83.5 Å². The first-order chi connectivity index (χ1) is 13.0. The fraction of sp³-hybridized carbons (Fsp3) is 0.318. The molecule has 5 heteroatoms. The van der Waals surface area contributed by atoms with E-state index in [2.05, 4.69) is 12.2 Å². The molecule has 27 heavy (non-hydrogen) atoms. The molecule has 0 fully saturated rings. The van der Waals surface area contributed by atoms with Crippen molar-refractivity contribution in [3.05, 3.63) is 71.3 Å². The highest BCUT2D eigenvalue weighted by atomic mass is 16.4. The van der Waals surface area contributed by atoms with E-state index in [9.17, 15) is 14.4 Å². The normalized spacial score (nSPS) is 11.6. The fourth-order valence-corrected chi connectivity index (χ4v) is 2.84. The standard InChI is InChI=1S/C22H25NO4/c1-2-16-8-10-18(11-9-16)20(24)13-14-21(25)23-19(12-15-22(26)27)17-6-4-3-5-7-17/h3-11,19H,2,12-15H2,1H3,(H,23,25)(H,26,27). The lowest BCUT2D eigenvalue weighted by molar-refractivity contribution is -0.137. The molecule has 0 bridgehead atoms. The van der Waals surface area contributed by atoms with E-state index >= 15 is 0 Å². The SMILES string of the molecule is CCc1ccc(C(=O)CCC(=O)NC(CCC(=O)O)c2ccccc2)cc1. The number of rotatable bonds is 10. The van der Waals surface area contributed by atoms with E-state index in [1.54, 1.807) is 12.1 Å². The molecular formula is C22H25NO4. The zero-order chi connectivity index (χ0) is 19.6. The van der Waals surface area contributed by atoms with Crippen molar-refractivity contribution in [1.29, 1.82) is 0 Å². The second kappa shape index (κ2) is 10.3. The summed E-state index contributed by atoms with van der Waals surface area (Å²) in [4.78, 5) is 35.4. The molecule has 0 aliphatic carbocycles. The molecule has 0 saturated heterocycles. The van der Waals surface area contributed by atoms with Gasteiger partial charge in [-0.25, -0.2) is 0 Å². The fourth-order valence-electron chi connectivity index (χ4n) is 2.84. The second-order valence-electron chi connectivity index (χ2n) is 6.44. The van der Waals surface area contributed by atoms with Gasteiger partial charge in [0.25, 0.3) is 0 Å². The summed E-state index contributed by atoms with van der Waals surface area (Å²) in [6.07, 6.45) is 1.37. The van der Waals surface area contributed by atoms with Gasteiger partial charge in [0.1, 0.15) is 0 Å². The number of hydrogen-bond donors (Lipinski definition) is 2. The lowest BCUT2D eigenvalue weighted by atomic mass is 10.0. The van der Waals surface area contributed by atoms with E-state index in [-0.39, 0.29) is 37.0 Å². The molecule has 0 heterocycles. The number of aliphatic carboxylic acids is 1. The van der Waals surface area contributed by atoms with Gasteiger partial charge in [-0.3, -0.25) is 14.4 Å². The Kier molecular flexibility index (Phi) is 7.74. The van der Waals surface area contributed by atoms with Crippen LogP contribution in [0.15, 0.2) is 54.6 Å². The van der Waals surface area contributed by atoms with Crippen LogP contribution in [0.5, 0.6) is 0 Å². The van der Waals surface area contributed by atoms with Gasteiger partial charge in [0.15, 0.2) is 5.78 Å². The molecule has 2 aromatic rings. The van der Waals surface area contributed by atoms with Crippen LogP contribution in [0.25, 0.3) is 0 Å². The van der Waals surface area contributed by atoms with Crippen molar-refractivity contribution >= 4 is 17.7 Å². The first-order valence-corrected chi connectivity index (χ1v) is 9.17. The number of carbonyl (C=O) groups excluding carboxylic acids is 2. The number of nitrogens with one attached hydrogen (secondary N) is 1. The van der Waals surface area contributed by atoms with Crippen molar-refractivity contribution < 1.29 is 19.5 Å². The first-order valence-electron chi connectivity index (χ1n) is 9.17. The van der Waals surface area contributed by atoms with Gasteiger partial charge in [-0.05, 0) is 24.0 Å². The largest absolute Gasteiger partial charge is 0.481 e. The molecule has 0 aliphatic heterocycles. The highest BCUT2D eigenvalue weighted by Gasteiger charge is 2.17. The Bertz CT molecular complexity index is 769. The van der Waals surface area contributed by atoms with Gasteiger partial charge >= 0.3 is 5.97 Å². The van der Waals surface area contributed by atoms with Gasteiger partial charge < -0.3 is 10.4 Å². The quantitative estimate of drug-likeness (QED) is 0.623. The number of aryl methyl sites for hydroxylation is 1. The Morgan fingerprint density at radius 3 is 2.19 bits per heavy atom. The highest BCUT2D eigenvalue weighted by Crippen LogP contribution is 2.19. The molecule has 0 aromatic heterocycles. The molecule has 0 aliphatic rings. The number of Topliss-reactive ketones (excluding diaryl/α,β-unsaturated/α-hetero) is 1. The Morgan fingerprint density at radius 2 is 1.59 bits per heavy atom. The van der Waals surface area contributed by atoms with E-state index in [4.69, 9.17) is 5.11 Å². The van der Waals surface area contributed by atoms with Crippen LogP contribution in [0.1, 0.15) is 60.1 Å². The van der Waals surface area contributed by atoms with E-state index in [1.165, 1.54) is 0 Å². The monoisotopic (exact) mass is 367 g/mol. The lowest BCUT2D eigenvalue weighted by Gasteiger charge is -2.18. The molecule has 0 radical (unpaired) electrons. The third-order valence-electron chi connectivity index (χ3n) is 4.45. The smallest absolute Gasteiger partial charge is 0.303 e. The van der Waals surface area contributed by atoms with Crippen molar-refractivity contribution in [2.45, 2.75) is 45.1 Å². The maximum atomic E-state index is 12.3. The third kappa shape index (κ3) is 6.70. The minimum absolute atomic E-state index is 0.0391. The molecular weight excluding hydrogens is 342 g/mol. The van der Waals surface area contributed by atoms with Crippen LogP contribution in [0.2, 0.25) is 0 Å². The molecule has 142 valence electrons. The summed E-state index contributed by atoms with van der Waals surface area (Å²) in [5, 5.41) is 11.8. The van der Waals surface area contributed by atoms with E-state index in [0.29, 0.717) is 12.0 Å². The molecule has 1 atom stereocenters. The number of amides is 1. The van der Waals surface area contributed by atoms with Crippen LogP contribution < -0.4 is 5.32 Å². The Labute approximate surface area is 159 Å². The molecule has 0 saturated carbocycles. The van der Waals surface area contributed by atoms with Crippen LogP contribution in [-0.2, 0) is 16.0 Å². The van der Waals surface area contributed by atoms with E-state index in [0.717, 1.165) is 17.5 Å². The van der Waals surface area contributed by atoms with E-state index < -0.39 is 5.97 Å². The van der Waals surface area contributed by atoms with Gasteiger partial charge in [0.2, 0.25) is 5.91 Å². The average molecular weight is 367 g/mol. The molecule has 2 N–H and O–H groups in total. The molecule has 1 amide bonds. The maximum absolute atomic E-state index is 12.3. The van der Waals surface area contributed by atoms with Crippen molar-refractivity contribution in [3.63, 3.8) is 0 Å². The first kappa shape index (κ1) is 20.4. The number of carboxylic acids is 1. The molecule has 2 rings (SSSR count). The summed E-state index contributed by atoms with van der Waals surface area (Å²) < 4.78 is 0. The minimum Gasteiger partial charge on any atom is -0.481 e. The van der Waals surface area contributed by atoms with Crippen LogP contribution in [-0.4, -0.2) is 22.8 Å². The molecule has 5 nitrogen and oxygen atoms in total. The van der Waals surface area contributed by atoms with Crippen LogP contribution in [0.3, 0.4) is 0 Å². The van der Waals surface area contributed by atoms with Crippen molar-refractivity contribution in [2.75, 3.05) is 0 Å². The number of carboxylic acid groups (broad SMARTS) is 1. The van der Waals surface area contributed by atoms with Crippen molar-refractivity contribution in [2.24, 2.45) is 0 Å². The van der Waals surface area contributed by atoms with Crippen molar-refractivity contribution in [3.8, 4) is 0 Å². The van der Waals surface area contributed by atoms with Gasteiger partial charge in [-0.1, -0.05) is 61.5 Å². The summed E-state index contributed by atoms with van der Waals surface area (Å²) in [5.74, 6) is -1.24. The summed E-state index contributed by atoms with van der Waals surface area (Å²) in [5.41, 5.74) is 2.62. The summed E-state index contributed by atoms with van der Waals surface area (Å²) in [6.45, 7) is 2.05. The predicted octanol–water partition coefficient (Wildman–Crippen LogP) is 3.93. The van der Waals surface area contributed by atoms with Crippen LogP contribution >= 0.6 is 0 Å². The minimum atomic E-state index is -0.907. The summed E-state index contributed by atoms with van der Waals surface area (Å²) >= 11 is 0. The number of benzene rings is 2. The third-order valence-corrected chi connectivity index (χ3v) is 4.45. The number of hydrogen-bond acceptors (Lipinski definition) is 3. The van der Waals surface area contributed by atoms with Gasteiger partial charge in [-0.2, -0.15) is 0 Å². The Balaban J connectivity index is 1.92. The molecule has 2 aromatic carbocycles. The van der Waals surface area contributed by atoms with Crippen molar-refractivity contribution in [1.82, 2.24) is 5.32 Å². The van der Waals surface area contributed by atoms with Gasteiger partial charge in [-0.15, -0.1) is 0 Å².